The van der Waals surface area contributed by atoms with Gasteiger partial charge in [-0.15, -0.1) is 0 Å². The Morgan fingerprint density at radius 1 is 1.25 bits per heavy atom. The fourth-order valence-corrected chi connectivity index (χ4v) is 2.97. The summed E-state index contributed by atoms with van der Waals surface area (Å²) >= 11 is 0. The monoisotopic (exact) mass is 275 g/mol. The summed E-state index contributed by atoms with van der Waals surface area (Å²) in [6, 6.07) is 5.15. The summed E-state index contributed by atoms with van der Waals surface area (Å²) in [7, 11) is 2.24. The maximum absolute atomic E-state index is 4.61. The van der Waals surface area contributed by atoms with Crippen molar-refractivity contribution in [3.05, 3.63) is 29.6 Å². The molecule has 0 atom stereocenters. The van der Waals surface area contributed by atoms with Crippen molar-refractivity contribution in [2.75, 3.05) is 13.6 Å². The smallest absolute Gasteiger partial charge is 0.0544 e. The van der Waals surface area contributed by atoms with E-state index in [-0.39, 0.29) is 0 Å². The molecule has 1 fully saturated rings. The van der Waals surface area contributed by atoms with E-state index in [4.69, 9.17) is 0 Å². The predicted molar refractivity (Wildman–Crippen MR) is 84.6 cm³/mol. The summed E-state index contributed by atoms with van der Waals surface area (Å²) < 4.78 is 0. The molecule has 20 heavy (non-hydrogen) atoms. The van der Waals surface area contributed by atoms with Gasteiger partial charge in [0.05, 0.1) is 5.69 Å². The quantitative estimate of drug-likeness (QED) is 0.774. The van der Waals surface area contributed by atoms with Crippen LogP contribution in [-0.4, -0.2) is 29.5 Å². The van der Waals surface area contributed by atoms with Gasteiger partial charge in [0.25, 0.3) is 0 Å². The van der Waals surface area contributed by atoms with E-state index < -0.39 is 0 Å². The molecule has 1 heterocycles. The van der Waals surface area contributed by atoms with Crippen LogP contribution < -0.4 is 5.32 Å². The highest BCUT2D eigenvalue weighted by Gasteiger charge is 2.18. The normalized spacial score (nSPS) is 16.8. The van der Waals surface area contributed by atoms with Crippen molar-refractivity contribution in [3.63, 3.8) is 0 Å². The van der Waals surface area contributed by atoms with Crippen LogP contribution in [0.3, 0.4) is 0 Å². The minimum absolute atomic E-state index is 0.761. The zero-order valence-corrected chi connectivity index (χ0v) is 13.1. The van der Waals surface area contributed by atoms with E-state index in [0.29, 0.717) is 0 Å². The van der Waals surface area contributed by atoms with Crippen LogP contribution in [0.25, 0.3) is 0 Å². The minimum Gasteiger partial charge on any atom is -0.313 e. The molecule has 2 rings (SSSR count). The summed E-state index contributed by atoms with van der Waals surface area (Å²) in [5.41, 5.74) is 2.47. The van der Waals surface area contributed by atoms with E-state index in [1.54, 1.807) is 0 Å². The second-order valence-electron chi connectivity index (χ2n) is 6.04. The Morgan fingerprint density at radius 3 is 2.70 bits per heavy atom. The lowest BCUT2D eigenvalue weighted by molar-refractivity contribution is 0.183. The fourth-order valence-electron chi connectivity index (χ4n) is 2.97. The zero-order chi connectivity index (χ0) is 14.2. The van der Waals surface area contributed by atoms with Crippen LogP contribution >= 0.6 is 0 Å². The van der Waals surface area contributed by atoms with Gasteiger partial charge in [-0.25, -0.2) is 0 Å². The van der Waals surface area contributed by atoms with Gasteiger partial charge in [-0.2, -0.15) is 0 Å². The van der Waals surface area contributed by atoms with Crippen LogP contribution in [0, 0.1) is 0 Å². The zero-order valence-electron chi connectivity index (χ0n) is 13.1. The summed E-state index contributed by atoms with van der Waals surface area (Å²) in [5.74, 6) is 0. The van der Waals surface area contributed by atoms with Gasteiger partial charge in [-0.1, -0.05) is 32.3 Å². The molecule has 1 aliphatic rings. The Labute approximate surface area is 123 Å². The molecule has 0 saturated heterocycles. The summed E-state index contributed by atoms with van der Waals surface area (Å²) in [5, 5.41) is 3.41. The lowest BCUT2D eigenvalue weighted by atomic mass is 9.94. The van der Waals surface area contributed by atoms with Gasteiger partial charge >= 0.3 is 0 Å². The van der Waals surface area contributed by atoms with Crippen molar-refractivity contribution in [3.8, 4) is 0 Å². The standard InChI is InChI=1S/C17H29N3/c1-3-11-18-12-15-9-10-16(19-13-15)14-20(2)17-7-5-4-6-8-17/h9-10,13,17-18H,3-8,11-12,14H2,1-2H3. The average Bonchev–Trinajstić information content (AvgIpc) is 2.50. The molecule has 1 aromatic rings. The Bertz CT molecular complexity index is 368. The predicted octanol–water partition coefficient (Wildman–Crippen LogP) is 3.35. The van der Waals surface area contributed by atoms with Gasteiger partial charge in [-0.05, 0) is 44.5 Å². The summed E-state index contributed by atoms with van der Waals surface area (Å²) in [6.07, 6.45) is 10.1. The third-order valence-corrected chi connectivity index (χ3v) is 4.25. The minimum atomic E-state index is 0.761. The van der Waals surface area contributed by atoms with Crippen LogP contribution in [0.2, 0.25) is 0 Å². The Kier molecular flexibility index (Phi) is 6.48. The van der Waals surface area contributed by atoms with Gasteiger partial charge in [0.15, 0.2) is 0 Å². The van der Waals surface area contributed by atoms with Crippen molar-refractivity contribution in [2.45, 2.75) is 64.6 Å². The molecular formula is C17H29N3. The Hall–Kier alpha value is -0.930. The first kappa shape index (κ1) is 15.5. The van der Waals surface area contributed by atoms with Crippen LogP contribution in [0.15, 0.2) is 18.3 Å². The highest BCUT2D eigenvalue weighted by atomic mass is 15.1. The van der Waals surface area contributed by atoms with Crippen LogP contribution in [-0.2, 0) is 13.1 Å². The molecule has 3 heteroatoms. The maximum atomic E-state index is 4.61. The molecule has 0 bridgehead atoms. The molecule has 0 radical (unpaired) electrons. The van der Waals surface area contributed by atoms with E-state index in [1.807, 2.05) is 6.20 Å². The molecule has 1 saturated carbocycles. The van der Waals surface area contributed by atoms with E-state index >= 15 is 0 Å². The molecular weight excluding hydrogens is 246 g/mol. The summed E-state index contributed by atoms with van der Waals surface area (Å²) in [6.45, 7) is 5.18. The van der Waals surface area contributed by atoms with Crippen molar-refractivity contribution in [2.24, 2.45) is 0 Å². The number of nitrogens with one attached hydrogen (secondary N) is 1. The molecule has 1 N–H and O–H groups in total. The molecule has 0 aromatic carbocycles. The maximum Gasteiger partial charge on any atom is 0.0544 e. The van der Waals surface area contributed by atoms with Crippen LogP contribution in [0.5, 0.6) is 0 Å². The van der Waals surface area contributed by atoms with E-state index in [0.717, 1.165) is 25.7 Å². The number of aromatic nitrogens is 1. The Morgan fingerprint density at radius 2 is 2.05 bits per heavy atom. The van der Waals surface area contributed by atoms with Gasteiger partial charge in [0.2, 0.25) is 0 Å². The molecule has 3 nitrogen and oxygen atoms in total. The van der Waals surface area contributed by atoms with E-state index in [1.165, 1.54) is 49.8 Å². The van der Waals surface area contributed by atoms with Gasteiger partial charge in [0, 0.05) is 25.3 Å². The van der Waals surface area contributed by atoms with Crippen molar-refractivity contribution >= 4 is 0 Å². The number of nitrogens with zero attached hydrogens (tertiary/aromatic N) is 2. The summed E-state index contributed by atoms with van der Waals surface area (Å²) in [4.78, 5) is 7.09. The van der Waals surface area contributed by atoms with Crippen LogP contribution in [0.4, 0.5) is 0 Å². The number of rotatable bonds is 7. The topological polar surface area (TPSA) is 28.2 Å². The van der Waals surface area contributed by atoms with Crippen LogP contribution in [0.1, 0.15) is 56.7 Å². The largest absolute Gasteiger partial charge is 0.313 e. The van der Waals surface area contributed by atoms with Crippen molar-refractivity contribution in [1.29, 1.82) is 0 Å². The first-order valence-electron chi connectivity index (χ1n) is 8.14. The number of hydrogen-bond donors (Lipinski definition) is 1. The highest BCUT2D eigenvalue weighted by molar-refractivity contribution is 5.14. The van der Waals surface area contributed by atoms with Gasteiger partial charge < -0.3 is 5.32 Å². The lowest BCUT2D eigenvalue weighted by Gasteiger charge is -2.30. The van der Waals surface area contributed by atoms with Crippen molar-refractivity contribution < 1.29 is 0 Å². The fraction of sp³-hybridized carbons (Fsp3) is 0.706. The number of pyridine rings is 1. The second kappa shape index (κ2) is 8.38. The van der Waals surface area contributed by atoms with E-state index in [2.05, 4.69) is 41.3 Å². The first-order valence-corrected chi connectivity index (χ1v) is 8.14. The third-order valence-electron chi connectivity index (χ3n) is 4.25. The molecule has 0 amide bonds. The molecule has 0 spiro atoms. The average molecular weight is 275 g/mol. The molecule has 0 aliphatic heterocycles. The molecule has 112 valence electrons. The Balaban J connectivity index is 1.80. The van der Waals surface area contributed by atoms with E-state index in [9.17, 15) is 0 Å². The lowest BCUT2D eigenvalue weighted by Crippen LogP contribution is -2.33. The SMILES string of the molecule is CCCNCc1ccc(CN(C)C2CCCCC2)nc1. The van der Waals surface area contributed by atoms with Gasteiger partial charge in [-0.3, -0.25) is 9.88 Å². The van der Waals surface area contributed by atoms with Gasteiger partial charge in [0.1, 0.15) is 0 Å². The highest BCUT2D eigenvalue weighted by Crippen LogP contribution is 2.22. The number of hydrogen-bond acceptors (Lipinski definition) is 3. The first-order chi connectivity index (χ1) is 9.79. The second-order valence-corrected chi connectivity index (χ2v) is 6.04. The molecule has 1 aromatic heterocycles. The third kappa shape index (κ3) is 4.88. The molecule has 0 unspecified atom stereocenters. The van der Waals surface area contributed by atoms with Crippen molar-refractivity contribution in [1.82, 2.24) is 15.2 Å². The molecule has 1 aliphatic carbocycles.